The third-order valence-corrected chi connectivity index (χ3v) is 6.52. The van der Waals surface area contributed by atoms with Crippen molar-refractivity contribution < 1.29 is 18.0 Å². The van der Waals surface area contributed by atoms with Gasteiger partial charge in [-0.2, -0.15) is 0 Å². The second kappa shape index (κ2) is 6.72. The van der Waals surface area contributed by atoms with E-state index in [1.807, 2.05) is 12.1 Å². The van der Waals surface area contributed by atoms with Gasteiger partial charge in [0.05, 0.1) is 24.0 Å². The van der Waals surface area contributed by atoms with Crippen LogP contribution < -0.4 is 0 Å². The molecule has 0 radical (unpaired) electrons. The fourth-order valence-corrected chi connectivity index (χ4v) is 4.98. The second-order valence-electron chi connectivity index (χ2n) is 6.30. The van der Waals surface area contributed by atoms with Crippen molar-refractivity contribution in [2.75, 3.05) is 31.1 Å². The summed E-state index contributed by atoms with van der Waals surface area (Å²) < 4.78 is 23.0. The molecule has 2 aliphatic rings. The van der Waals surface area contributed by atoms with Crippen LogP contribution in [-0.2, 0) is 26.0 Å². The van der Waals surface area contributed by atoms with Crippen molar-refractivity contribution in [1.82, 2.24) is 9.80 Å². The van der Waals surface area contributed by atoms with Gasteiger partial charge in [0.25, 0.3) is 0 Å². The van der Waals surface area contributed by atoms with E-state index in [0.717, 1.165) is 5.56 Å². The maximum atomic E-state index is 12.4. The van der Waals surface area contributed by atoms with E-state index >= 15 is 0 Å². The summed E-state index contributed by atoms with van der Waals surface area (Å²) in [5.74, 6) is -0.856. The van der Waals surface area contributed by atoms with Gasteiger partial charge in [-0.1, -0.05) is 23.7 Å². The van der Waals surface area contributed by atoms with Crippen LogP contribution in [0.25, 0.3) is 0 Å². The van der Waals surface area contributed by atoms with E-state index in [1.54, 1.807) is 17.0 Å². The van der Waals surface area contributed by atoms with Crippen LogP contribution in [0, 0.1) is 5.92 Å². The summed E-state index contributed by atoms with van der Waals surface area (Å²) in [6.07, 6.45) is 0.361. The van der Waals surface area contributed by atoms with Gasteiger partial charge in [-0.3, -0.25) is 9.59 Å². The first-order valence-electron chi connectivity index (χ1n) is 7.85. The second-order valence-corrected chi connectivity index (χ2v) is 8.97. The number of sulfone groups is 1. The smallest absolute Gasteiger partial charge is 0.242 e. The number of amides is 2. The minimum Gasteiger partial charge on any atom is -0.335 e. The van der Waals surface area contributed by atoms with Crippen molar-refractivity contribution >= 4 is 33.3 Å². The van der Waals surface area contributed by atoms with Gasteiger partial charge in [-0.15, -0.1) is 0 Å². The SMILES string of the molecule is O=C1CN(C(=O)C2CCS(=O)(=O)C2)CCN1Cc1ccc(Cl)cc1. The lowest BCUT2D eigenvalue weighted by atomic mass is 10.1. The molecular formula is C16H19ClN2O4S. The summed E-state index contributed by atoms with van der Waals surface area (Å²) in [7, 11) is -3.10. The Morgan fingerprint density at radius 1 is 1.21 bits per heavy atom. The van der Waals surface area contributed by atoms with Crippen molar-refractivity contribution in [3.05, 3.63) is 34.9 Å². The Labute approximate surface area is 146 Å². The monoisotopic (exact) mass is 370 g/mol. The molecule has 0 saturated carbocycles. The molecule has 1 aromatic rings. The Balaban J connectivity index is 1.58. The number of nitrogens with zero attached hydrogens (tertiary/aromatic N) is 2. The number of benzene rings is 1. The molecule has 1 aromatic carbocycles. The molecule has 0 aromatic heterocycles. The van der Waals surface area contributed by atoms with Gasteiger partial charge < -0.3 is 9.80 Å². The zero-order valence-corrected chi connectivity index (χ0v) is 14.7. The highest BCUT2D eigenvalue weighted by Gasteiger charge is 2.37. The topological polar surface area (TPSA) is 74.8 Å². The summed E-state index contributed by atoms with van der Waals surface area (Å²) in [4.78, 5) is 27.9. The standard InChI is InChI=1S/C16H19ClN2O4S/c17-14-3-1-12(2-4-14)9-18-6-7-19(10-15(18)20)16(21)13-5-8-24(22,23)11-13/h1-4,13H,5-11H2. The van der Waals surface area contributed by atoms with Gasteiger partial charge in [0.15, 0.2) is 9.84 Å². The third-order valence-electron chi connectivity index (χ3n) is 4.50. The van der Waals surface area contributed by atoms with E-state index in [4.69, 9.17) is 11.6 Å². The lowest BCUT2D eigenvalue weighted by molar-refractivity contribution is -0.147. The zero-order valence-electron chi connectivity index (χ0n) is 13.2. The van der Waals surface area contributed by atoms with Crippen LogP contribution in [0.15, 0.2) is 24.3 Å². The Bertz CT molecular complexity index is 748. The molecule has 0 spiro atoms. The molecule has 6 nitrogen and oxygen atoms in total. The fourth-order valence-electron chi connectivity index (χ4n) is 3.12. The van der Waals surface area contributed by atoms with E-state index in [0.29, 0.717) is 31.1 Å². The fraction of sp³-hybridized carbons (Fsp3) is 0.500. The predicted octanol–water partition coefficient (Wildman–Crippen LogP) is 0.946. The van der Waals surface area contributed by atoms with Crippen LogP contribution >= 0.6 is 11.6 Å². The number of hydrogen-bond acceptors (Lipinski definition) is 4. The summed E-state index contributed by atoms with van der Waals surface area (Å²) in [5.41, 5.74) is 0.981. The molecule has 0 N–H and O–H groups in total. The summed E-state index contributed by atoms with van der Waals surface area (Å²) in [6, 6.07) is 7.30. The highest BCUT2D eigenvalue weighted by Crippen LogP contribution is 2.22. The van der Waals surface area contributed by atoms with Crippen LogP contribution in [0.2, 0.25) is 5.02 Å². The maximum Gasteiger partial charge on any atom is 0.242 e. The lowest BCUT2D eigenvalue weighted by Crippen LogP contribution is -2.53. The summed E-state index contributed by atoms with van der Waals surface area (Å²) in [5, 5.41) is 0.645. The van der Waals surface area contributed by atoms with Gasteiger partial charge in [-0.05, 0) is 24.1 Å². The molecular weight excluding hydrogens is 352 g/mol. The van der Waals surface area contributed by atoms with E-state index in [2.05, 4.69) is 0 Å². The number of halogens is 1. The molecule has 2 heterocycles. The molecule has 0 bridgehead atoms. The molecule has 3 rings (SSSR count). The van der Waals surface area contributed by atoms with Crippen LogP contribution in [0.5, 0.6) is 0 Å². The minimum absolute atomic E-state index is 0.0168. The van der Waals surface area contributed by atoms with Gasteiger partial charge in [-0.25, -0.2) is 8.42 Å². The van der Waals surface area contributed by atoms with Crippen LogP contribution in [0.4, 0.5) is 0 Å². The van der Waals surface area contributed by atoms with Crippen LogP contribution in [0.1, 0.15) is 12.0 Å². The minimum atomic E-state index is -3.10. The molecule has 130 valence electrons. The van der Waals surface area contributed by atoms with Gasteiger partial charge in [0.1, 0.15) is 0 Å². The first-order valence-corrected chi connectivity index (χ1v) is 10.1. The van der Waals surface area contributed by atoms with E-state index in [9.17, 15) is 18.0 Å². The molecule has 1 unspecified atom stereocenters. The Hall–Kier alpha value is -1.60. The Morgan fingerprint density at radius 2 is 1.92 bits per heavy atom. The van der Waals surface area contributed by atoms with Crippen molar-refractivity contribution in [2.24, 2.45) is 5.92 Å². The number of carbonyl (C=O) groups is 2. The van der Waals surface area contributed by atoms with Crippen molar-refractivity contribution in [2.45, 2.75) is 13.0 Å². The third kappa shape index (κ3) is 3.89. The Morgan fingerprint density at radius 3 is 2.50 bits per heavy atom. The van der Waals surface area contributed by atoms with Crippen molar-refractivity contribution in [1.29, 1.82) is 0 Å². The summed E-state index contributed by atoms with van der Waals surface area (Å²) >= 11 is 5.85. The van der Waals surface area contributed by atoms with E-state index < -0.39 is 15.8 Å². The van der Waals surface area contributed by atoms with Gasteiger partial charge in [0, 0.05) is 24.7 Å². The highest BCUT2D eigenvalue weighted by molar-refractivity contribution is 7.91. The number of piperazine rings is 1. The maximum absolute atomic E-state index is 12.4. The number of hydrogen-bond donors (Lipinski definition) is 0. The van der Waals surface area contributed by atoms with Crippen LogP contribution in [0.3, 0.4) is 0 Å². The molecule has 0 aliphatic carbocycles. The molecule has 1 atom stereocenters. The van der Waals surface area contributed by atoms with Crippen LogP contribution in [-0.4, -0.2) is 61.2 Å². The summed E-state index contributed by atoms with van der Waals surface area (Å²) in [6.45, 7) is 1.39. The molecule has 8 heteroatoms. The molecule has 2 fully saturated rings. The molecule has 2 amide bonds. The average molecular weight is 371 g/mol. The molecule has 2 aliphatic heterocycles. The number of rotatable bonds is 3. The van der Waals surface area contributed by atoms with Gasteiger partial charge in [0.2, 0.25) is 11.8 Å². The zero-order chi connectivity index (χ0) is 17.3. The molecule has 2 saturated heterocycles. The normalized spacial score (nSPS) is 23.5. The number of carbonyl (C=O) groups excluding carboxylic acids is 2. The van der Waals surface area contributed by atoms with Crippen molar-refractivity contribution in [3.8, 4) is 0 Å². The quantitative estimate of drug-likeness (QED) is 0.793. The first-order chi connectivity index (χ1) is 11.3. The van der Waals surface area contributed by atoms with E-state index in [1.165, 1.54) is 4.90 Å². The Kier molecular flexibility index (Phi) is 4.83. The van der Waals surface area contributed by atoms with E-state index in [-0.39, 0.29) is 29.9 Å². The van der Waals surface area contributed by atoms with Gasteiger partial charge >= 0.3 is 0 Å². The highest BCUT2D eigenvalue weighted by atomic mass is 35.5. The van der Waals surface area contributed by atoms with Crippen molar-refractivity contribution in [3.63, 3.8) is 0 Å². The predicted molar refractivity (Wildman–Crippen MR) is 90.2 cm³/mol. The molecule has 24 heavy (non-hydrogen) atoms. The largest absolute Gasteiger partial charge is 0.335 e. The first kappa shape index (κ1) is 17.2. The average Bonchev–Trinajstić information content (AvgIpc) is 2.91. The lowest BCUT2D eigenvalue weighted by Gasteiger charge is -2.35.